The molecule has 0 unspecified atom stereocenters. The molecule has 1 N–H and O–H groups in total. The lowest BCUT2D eigenvalue weighted by Gasteiger charge is -2.36. The van der Waals surface area contributed by atoms with Crippen LogP contribution in [0.4, 0.5) is 0 Å². The molecule has 0 fully saturated rings. The summed E-state index contributed by atoms with van der Waals surface area (Å²) >= 11 is 0. The average molecular weight is 314 g/mol. The molecule has 7 heteroatoms. The molecule has 0 spiro atoms. The molecule has 1 aromatic carbocycles. The Morgan fingerprint density at radius 2 is 1.71 bits per heavy atom. The van der Waals surface area contributed by atoms with Crippen molar-refractivity contribution in [3.05, 3.63) is 35.9 Å². The molecule has 0 aromatic heterocycles. The molecular formula is C14H22N2O4S. The minimum Gasteiger partial charge on any atom is -0.480 e. The molecule has 0 amide bonds. The van der Waals surface area contributed by atoms with E-state index in [0.717, 1.165) is 14.2 Å². The van der Waals surface area contributed by atoms with Gasteiger partial charge in [-0.2, -0.15) is 17.0 Å². The Morgan fingerprint density at radius 1 is 1.19 bits per heavy atom. The SMILES string of the molecule is CN(Cc1ccccc1)S(=O)(=O)N(CC(=O)O)C(C)(C)C. The van der Waals surface area contributed by atoms with Crippen LogP contribution in [0.1, 0.15) is 26.3 Å². The van der Waals surface area contributed by atoms with Crippen LogP contribution in [0.25, 0.3) is 0 Å². The van der Waals surface area contributed by atoms with Gasteiger partial charge < -0.3 is 5.11 Å². The van der Waals surface area contributed by atoms with Crippen molar-refractivity contribution >= 4 is 16.2 Å². The second-order valence-electron chi connectivity index (χ2n) is 5.82. The highest BCUT2D eigenvalue weighted by Gasteiger charge is 2.37. The predicted octanol–water partition coefficient (Wildman–Crippen LogP) is 1.55. The molecule has 0 aliphatic carbocycles. The van der Waals surface area contributed by atoms with Crippen LogP contribution < -0.4 is 0 Å². The van der Waals surface area contributed by atoms with E-state index in [9.17, 15) is 13.2 Å². The fraction of sp³-hybridized carbons (Fsp3) is 0.500. The largest absolute Gasteiger partial charge is 0.480 e. The summed E-state index contributed by atoms with van der Waals surface area (Å²) in [5.41, 5.74) is 0.0232. The van der Waals surface area contributed by atoms with E-state index in [1.54, 1.807) is 20.8 Å². The lowest BCUT2D eigenvalue weighted by molar-refractivity contribution is -0.138. The molecule has 1 rings (SSSR count). The smallest absolute Gasteiger partial charge is 0.318 e. The molecule has 118 valence electrons. The molecule has 0 saturated heterocycles. The molecule has 1 aromatic rings. The van der Waals surface area contributed by atoms with Gasteiger partial charge in [-0.15, -0.1) is 0 Å². The molecular weight excluding hydrogens is 292 g/mol. The highest BCUT2D eigenvalue weighted by Crippen LogP contribution is 2.21. The maximum atomic E-state index is 12.6. The van der Waals surface area contributed by atoms with E-state index in [2.05, 4.69) is 0 Å². The van der Waals surface area contributed by atoms with Crippen LogP contribution in [0, 0.1) is 0 Å². The van der Waals surface area contributed by atoms with Crippen molar-refractivity contribution in [1.29, 1.82) is 0 Å². The number of carbonyl (C=O) groups is 1. The van der Waals surface area contributed by atoms with Gasteiger partial charge in [-0.05, 0) is 26.3 Å². The van der Waals surface area contributed by atoms with Gasteiger partial charge in [0.25, 0.3) is 10.2 Å². The zero-order chi connectivity index (χ0) is 16.3. The van der Waals surface area contributed by atoms with Gasteiger partial charge in [0, 0.05) is 19.1 Å². The summed E-state index contributed by atoms with van der Waals surface area (Å²) < 4.78 is 27.4. The van der Waals surface area contributed by atoms with Crippen molar-refractivity contribution in [2.45, 2.75) is 32.9 Å². The fourth-order valence-corrected chi connectivity index (χ4v) is 3.49. The van der Waals surface area contributed by atoms with Gasteiger partial charge in [-0.1, -0.05) is 30.3 Å². The van der Waals surface area contributed by atoms with E-state index >= 15 is 0 Å². The van der Waals surface area contributed by atoms with Crippen molar-refractivity contribution in [3.63, 3.8) is 0 Å². The molecule has 0 aliphatic heterocycles. The van der Waals surface area contributed by atoms with Gasteiger partial charge in [-0.25, -0.2) is 0 Å². The van der Waals surface area contributed by atoms with E-state index in [-0.39, 0.29) is 6.54 Å². The maximum absolute atomic E-state index is 12.6. The molecule has 0 saturated carbocycles. The van der Waals surface area contributed by atoms with Crippen LogP contribution in [0.2, 0.25) is 0 Å². The van der Waals surface area contributed by atoms with E-state index in [0.29, 0.717) is 0 Å². The lowest BCUT2D eigenvalue weighted by Crippen LogP contribution is -2.52. The van der Waals surface area contributed by atoms with E-state index in [1.165, 1.54) is 7.05 Å². The number of carboxylic acids is 1. The number of aliphatic carboxylic acids is 1. The molecule has 21 heavy (non-hydrogen) atoms. The topological polar surface area (TPSA) is 77.9 Å². The standard InChI is InChI=1S/C14H22N2O4S/c1-14(2,3)16(11-13(17)18)21(19,20)15(4)10-12-8-6-5-7-9-12/h5-9H,10-11H2,1-4H3,(H,17,18). The van der Waals surface area contributed by atoms with Crippen molar-refractivity contribution in [2.75, 3.05) is 13.6 Å². The summed E-state index contributed by atoms with van der Waals surface area (Å²) in [6.07, 6.45) is 0. The molecule has 0 bridgehead atoms. The van der Waals surface area contributed by atoms with Gasteiger partial charge in [-0.3, -0.25) is 4.79 Å². The molecule has 0 heterocycles. The Labute approximate surface area is 126 Å². The number of carboxylic acid groups (broad SMARTS) is 1. The van der Waals surface area contributed by atoms with E-state index < -0.39 is 28.3 Å². The number of rotatable bonds is 6. The minimum atomic E-state index is -3.87. The third kappa shape index (κ3) is 4.80. The summed E-state index contributed by atoms with van der Waals surface area (Å²) in [6.45, 7) is 4.64. The summed E-state index contributed by atoms with van der Waals surface area (Å²) in [4.78, 5) is 11.0. The first-order valence-corrected chi connectivity index (χ1v) is 7.94. The van der Waals surface area contributed by atoms with Crippen molar-refractivity contribution in [2.24, 2.45) is 0 Å². The van der Waals surface area contributed by atoms with Crippen LogP contribution >= 0.6 is 0 Å². The maximum Gasteiger partial charge on any atom is 0.318 e. The lowest BCUT2D eigenvalue weighted by atomic mass is 10.1. The summed E-state index contributed by atoms with van der Waals surface area (Å²) in [7, 11) is -2.42. The van der Waals surface area contributed by atoms with Crippen LogP contribution in [0.5, 0.6) is 0 Å². The first-order valence-electron chi connectivity index (χ1n) is 6.55. The van der Waals surface area contributed by atoms with Gasteiger partial charge in [0.1, 0.15) is 6.54 Å². The molecule has 0 atom stereocenters. The molecule has 0 aliphatic rings. The van der Waals surface area contributed by atoms with Crippen LogP contribution in [0.15, 0.2) is 30.3 Å². The Morgan fingerprint density at radius 3 is 2.14 bits per heavy atom. The Balaban J connectivity index is 3.02. The molecule has 6 nitrogen and oxygen atoms in total. The van der Waals surface area contributed by atoms with E-state index in [1.807, 2.05) is 30.3 Å². The third-order valence-electron chi connectivity index (χ3n) is 2.95. The number of nitrogens with zero attached hydrogens (tertiary/aromatic N) is 2. The van der Waals surface area contributed by atoms with Crippen LogP contribution in [-0.2, 0) is 21.5 Å². The highest BCUT2D eigenvalue weighted by molar-refractivity contribution is 7.86. The Bertz CT molecular complexity index is 579. The zero-order valence-electron chi connectivity index (χ0n) is 12.8. The predicted molar refractivity (Wildman–Crippen MR) is 80.9 cm³/mol. The Kier molecular flexibility index (Phi) is 5.49. The normalized spacial score (nSPS) is 12.9. The van der Waals surface area contributed by atoms with Crippen molar-refractivity contribution < 1.29 is 18.3 Å². The quantitative estimate of drug-likeness (QED) is 0.864. The average Bonchev–Trinajstić information content (AvgIpc) is 2.35. The molecule has 0 radical (unpaired) electrons. The Hall–Kier alpha value is -1.44. The monoisotopic (exact) mass is 314 g/mol. The van der Waals surface area contributed by atoms with Gasteiger partial charge in [0.05, 0.1) is 0 Å². The minimum absolute atomic E-state index is 0.190. The first kappa shape index (κ1) is 17.6. The van der Waals surface area contributed by atoms with Gasteiger partial charge in [0.2, 0.25) is 0 Å². The highest BCUT2D eigenvalue weighted by atomic mass is 32.2. The van der Waals surface area contributed by atoms with Crippen LogP contribution in [-0.4, -0.2) is 47.2 Å². The summed E-state index contributed by atoms with van der Waals surface area (Å²) in [6, 6.07) is 9.16. The van der Waals surface area contributed by atoms with Crippen molar-refractivity contribution in [3.8, 4) is 0 Å². The number of hydrogen-bond acceptors (Lipinski definition) is 3. The van der Waals surface area contributed by atoms with Gasteiger partial charge in [0.15, 0.2) is 0 Å². The summed E-state index contributed by atoms with van der Waals surface area (Å²) in [5, 5.41) is 8.96. The second-order valence-corrected chi connectivity index (χ2v) is 7.78. The van der Waals surface area contributed by atoms with Crippen molar-refractivity contribution in [1.82, 2.24) is 8.61 Å². The number of hydrogen-bond donors (Lipinski definition) is 1. The van der Waals surface area contributed by atoms with Gasteiger partial charge >= 0.3 is 5.97 Å². The summed E-state index contributed by atoms with van der Waals surface area (Å²) in [5.74, 6) is -1.18. The second kappa shape index (κ2) is 6.55. The third-order valence-corrected chi connectivity index (χ3v) is 5.10. The van der Waals surface area contributed by atoms with E-state index in [4.69, 9.17) is 5.11 Å². The van der Waals surface area contributed by atoms with Crippen LogP contribution in [0.3, 0.4) is 0 Å². The number of benzene rings is 1. The zero-order valence-corrected chi connectivity index (χ0v) is 13.6. The first-order chi connectivity index (χ1) is 9.55. The fourth-order valence-electron chi connectivity index (χ4n) is 1.88.